The highest BCUT2D eigenvalue weighted by molar-refractivity contribution is 9.10. The average molecular weight is 431 g/mol. The van der Waals surface area contributed by atoms with Gasteiger partial charge in [-0.1, -0.05) is 12.1 Å². The molecule has 0 N–H and O–H groups in total. The lowest BCUT2D eigenvalue weighted by Crippen LogP contribution is -2.07. The van der Waals surface area contributed by atoms with Crippen molar-refractivity contribution in [3.05, 3.63) is 46.4 Å². The van der Waals surface area contributed by atoms with Crippen LogP contribution in [0.15, 0.2) is 45.8 Å². The molecule has 0 bridgehead atoms. The van der Waals surface area contributed by atoms with Gasteiger partial charge in [0.15, 0.2) is 4.90 Å². The molecular weight excluding hydrogens is 417 g/mol. The maximum Gasteiger partial charge on any atom is 0.416 e. The van der Waals surface area contributed by atoms with Gasteiger partial charge in [0.1, 0.15) is 11.6 Å². The van der Waals surface area contributed by atoms with Gasteiger partial charge in [-0.25, -0.2) is 4.98 Å². The van der Waals surface area contributed by atoms with Crippen LogP contribution in [0.4, 0.5) is 13.2 Å². The van der Waals surface area contributed by atoms with Gasteiger partial charge in [0.25, 0.3) is 0 Å². The lowest BCUT2D eigenvalue weighted by atomic mass is 10.2. The Hall–Kier alpha value is -1.51. The van der Waals surface area contributed by atoms with E-state index in [1.165, 1.54) is 0 Å². The number of aryl methyl sites for hydroxylation is 1. The summed E-state index contributed by atoms with van der Waals surface area (Å²) < 4.78 is 53.5. The number of aromatic nitrogens is 2. The number of halogens is 4. The number of hydrogen-bond donors (Lipinski definition) is 0. The van der Waals surface area contributed by atoms with E-state index >= 15 is 0 Å². The fourth-order valence-corrected chi connectivity index (χ4v) is 4.37. The predicted octanol–water partition coefficient (Wildman–Crippen LogP) is 5.15. The molecule has 1 aromatic heterocycles. The summed E-state index contributed by atoms with van der Waals surface area (Å²) in [5, 5.41) is 0. The highest BCUT2D eigenvalue weighted by atomic mass is 79.9. The van der Waals surface area contributed by atoms with Crippen molar-refractivity contribution < 1.29 is 17.7 Å². The highest BCUT2D eigenvalue weighted by Crippen LogP contribution is 2.37. The van der Waals surface area contributed by atoms with Gasteiger partial charge in [0.05, 0.1) is 22.2 Å². The number of benzene rings is 2. The number of nitrogens with zero attached hydrogens (tertiary/aromatic N) is 2. The molecule has 0 aliphatic rings. The second kappa shape index (κ2) is 6.66. The van der Waals surface area contributed by atoms with E-state index in [1.807, 2.05) is 6.92 Å². The van der Waals surface area contributed by atoms with Crippen molar-refractivity contribution in [3.63, 3.8) is 0 Å². The van der Waals surface area contributed by atoms with Crippen molar-refractivity contribution in [1.29, 1.82) is 0 Å². The van der Waals surface area contributed by atoms with E-state index in [-0.39, 0.29) is 5.52 Å². The molecule has 0 aliphatic heterocycles. The smallest absolute Gasteiger partial charge is 0.416 e. The fourth-order valence-electron chi connectivity index (χ4n) is 2.71. The predicted molar refractivity (Wildman–Crippen MR) is 95.8 cm³/mol. The summed E-state index contributed by atoms with van der Waals surface area (Å²) in [6, 6.07) is 9.19. The molecule has 1 heterocycles. The van der Waals surface area contributed by atoms with Gasteiger partial charge in [-0.05, 0) is 58.3 Å². The first-order chi connectivity index (χ1) is 11.7. The summed E-state index contributed by atoms with van der Waals surface area (Å²) >= 11 is 2.02. The summed E-state index contributed by atoms with van der Waals surface area (Å²) in [6.45, 7) is 1.81. The number of rotatable bonds is 3. The minimum absolute atomic E-state index is 0.233. The minimum Gasteiger partial charge on any atom is -0.611 e. The molecule has 2 aromatic carbocycles. The van der Waals surface area contributed by atoms with Gasteiger partial charge in [-0.15, -0.1) is 0 Å². The van der Waals surface area contributed by atoms with Gasteiger partial charge in [-0.2, -0.15) is 13.2 Å². The molecule has 0 amide bonds. The molecule has 0 spiro atoms. The second-order valence-electron chi connectivity index (χ2n) is 5.45. The van der Waals surface area contributed by atoms with E-state index in [9.17, 15) is 17.7 Å². The Labute approximate surface area is 154 Å². The summed E-state index contributed by atoms with van der Waals surface area (Å²) in [4.78, 5) is 5.01. The fraction of sp³-hybridized carbons (Fsp3) is 0.235. The van der Waals surface area contributed by atoms with Crippen LogP contribution in [-0.4, -0.2) is 19.9 Å². The Balaban J connectivity index is 2.26. The van der Waals surface area contributed by atoms with E-state index in [1.54, 1.807) is 35.9 Å². The van der Waals surface area contributed by atoms with Crippen molar-refractivity contribution in [3.8, 4) is 11.4 Å². The summed E-state index contributed by atoms with van der Waals surface area (Å²) in [5.41, 5.74) is 0.681. The molecule has 3 rings (SSSR count). The first-order valence-corrected chi connectivity index (χ1v) is 9.56. The molecule has 1 atom stereocenters. The van der Waals surface area contributed by atoms with Crippen LogP contribution in [0.25, 0.3) is 22.4 Å². The summed E-state index contributed by atoms with van der Waals surface area (Å²) in [7, 11) is 1.73. The molecule has 0 fully saturated rings. The average Bonchev–Trinajstić information content (AvgIpc) is 2.90. The SMILES string of the molecule is CC[S+]([O-])c1ccccc1-c1nc2cc(C(F)(F)F)cc(Br)c2n1C. The van der Waals surface area contributed by atoms with Crippen LogP contribution >= 0.6 is 15.9 Å². The van der Waals surface area contributed by atoms with Crippen molar-refractivity contribution >= 4 is 38.1 Å². The first-order valence-electron chi connectivity index (χ1n) is 7.45. The van der Waals surface area contributed by atoms with E-state index in [0.29, 0.717) is 32.0 Å². The Morgan fingerprint density at radius 3 is 2.56 bits per heavy atom. The molecule has 1 unspecified atom stereocenters. The molecule has 0 radical (unpaired) electrons. The Morgan fingerprint density at radius 1 is 1.24 bits per heavy atom. The van der Waals surface area contributed by atoms with Crippen LogP contribution < -0.4 is 0 Å². The van der Waals surface area contributed by atoms with E-state index < -0.39 is 22.9 Å². The largest absolute Gasteiger partial charge is 0.611 e. The van der Waals surface area contributed by atoms with Crippen molar-refractivity contribution in [2.45, 2.75) is 18.0 Å². The molecule has 3 aromatic rings. The lowest BCUT2D eigenvalue weighted by Gasteiger charge is -2.12. The Bertz CT molecular complexity index is 940. The van der Waals surface area contributed by atoms with E-state index in [2.05, 4.69) is 20.9 Å². The standard InChI is InChI=1S/C17H14BrF3N2OS/c1-3-25(24)14-7-5-4-6-11(14)16-22-13-9-10(17(19,20)21)8-12(18)15(13)23(16)2/h4-9H,3H2,1-2H3. The molecule has 3 nitrogen and oxygen atoms in total. The second-order valence-corrected chi connectivity index (χ2v) is 8.01. The van der Waals surface area contributed by atoms with Gasteiger partial charge in [-0.3, -0.25) is 0 Å². The number of hydrogen-bond acceptors (Lipinski definition) is 2. The minimum atomic E-state index is -4.45. The van der Waals surface area contributed by atoms with Gasteiger partial charge >= 0.3 is 6.18 Å². The zero-order valence-corrected chi connectivity index (χ0v) is 15.8. The molecule has 25 heavy (non-hydrogen) atoms. The summed E-state index contributed by atoms with van der Waals surface area (Å²) in [5.74, 6) is 0.926. The maximum absolute atomic E-state index is 13.0. The molecule has 8 heteroatoms. The van der Waals surface area contributed by atoms with Crippen LogP contribution in [0.5, 0.6) is 0 Å². The van der Waals surface area contributed by atoms with Crippen LogP contribution in [0.3, 0.4) is 0 Å². The van der Waals surface area contributed by atoms with Crippen molar-refractivity contribution in [2.75, 3.05) is 5.75 Å². The van der Waals surface area contributed by atoms with Crippen LogP contribution in [0, 0.1) is 0 Å². The third kappa shape index (κ3) is 3.30. The topological polar surface area (TPSA) is 40.9 Å². The van der Waals surface area contributed by atoms with Crippen LogP contribution in [0.2, 0.25) is 0 Å². The molecule has 0 saturated carbocycles. The van der Waals surface area contributed by atoms with Gasteiger partial charge < -0.3 is 9.12 Å². The lowest BCUT2D eigenvalue weighted by molar-refractivity contribution is -0.137. The summed E-state index contributed by atoms with van der Waals surface area (Å²) in [6.07, 6.45) is -4.45. The zero-order chi connectivity index (χ0) is 18.4. The van der Waals surface area contributed by atoms with Crippen LogP contribution in [0.1, 0.15) is 12.5 Å². The first kappa shape index (κ1) is 18.3. The maximum atomic E-state index is 13.0. The molecule has 132 valence electrons. The van der Waals surface area contributed by atoms with E-state index in [4.69, 9.17) is 0 Å². The third-order valence-electron chi connectivity index (χ3n) is 3.89. The number of alkyl halides is 3. The quantitative estimate of drug-likeness (QED) is 0.539. The Morgan fingerprint density at radius 2 is 1.92 bits per heavy atom. The highest BCUT2D eigenvalue weighted by Gasteiger charge is 2.32. The van der Waals surface area contributed by atoms with Gasteiger partial charge in [0, 0.05) is 11.5 Å². The zero-order valence-electron chi connectivity index (χ0n) is 13.4. The monoisotopic (exact) mass is 430 g/mol. The van der Waals surface area contributed by atoms with Crippen LogP contribution in [-0.2, 0) is 24.4 Å². The molecular formula is C17H14BrF3N2OS. The van der Waals surface area contributed by atoms with Crippen molar-refractivity contribution in [1.82, 2.24) is 9.55 Å². The number of fused-ring (bicyclic) bond motifs is 1. The number of imidazole rings is 1. The van der Waals surface area contributed by atoms with Gasteiger partial charge in [0.2, 0.25) is 0 Å². The Kier molecular flexibility index (Phi) is 4.87. The third-order valence-corrected chi connectivity index (χ3v) is 5.86. The van der Waals surface area contributed by atoms with Crippen molar-refractivity contribution in [2.24, 2.45) is 7.05 Å². The molecule has 0 aliphatic carbocycles. The van der Waals surface area contributed by atoms with E-state index in [0.717, 1.165) is 12.1 Å². The normalized spacial score (nSPS) is 13.4. The molecule has 0 saturated heterocycles.